The Morgan fingerprint density at radius 2 is 1.77 bits per heavy atom. The minimum Gasteiger partial charge on any atom is -0.394 e. The van der Waals surface area contributed by atoms with Gasteiger partial charge in [-0.25, -0.2) is 8.42 Å². The number of rotatable bonds is 9. The molecule has 0 aliphatic carbocycles. The van der Waals surface area contributed by atoms with E-state index in [0.717, 1.165) is 34.3 Å². The summed E-state index contributed by atoms with van der Waals surface area (Å²) in [6, 6.07) is 14.2. The summed E-state index contributed by atoms with van der Waals surface area (Å²) in [5.74, 6) is -0.515. The number of hydrogen-bond acceptors (Lipinski definition) is 5. The number of aliphatic hydroxyl groups excluding tert-OH is 1. The average molecular weight is 560 g/mol. The summed E-state index contributed by atoms with van der Waals surface area (Å²) in [6.07, 6.45) is -2.76. The normalized spacial score (nSPS) is 13.0. The Balaban J connectivity index is 1.54. The molecule has 2 aromatic heterocycles. The van der Waals surface area contributed by atoms with E-state index in [0.29, 0.717) is 24.2 Å². The van der Waals surface area contributed by atoms with Gasteiger partial charge in [0.05, 0.1) is 34.6 Å². The summed E-state index contributed by atoms with van der Waals surface area (Å²) in [6.45, 7) is 3.69. The SMILES string of the molecule is CCn1c(Cc2ccc(C(F)(F)F)cc2)cc2cc(C(=O)NC(CO)c3ccc(S(=O)(=O)CC)cn3)ccc21. The van der Waals surface area contributed by atoms with E-state index in [4.69, 9.17) is 0 Å². The lowest BCUT2D eigenvalue weighted by Gasteiger charge is -2.16. The Morgan fingerprint density at radius 1 is 1.05 bits per heavy atom. The summed E-state index contributed by atoms with van der Waals surface area (Å²) in [5.41, 5.74) is 2.47. The molecule has 206 valence electrons. The van der Waals surface area contributed by atoms with Crippen molar-refractivity contribution >= 4 is 26.6 Å². The van der Waals surface area contributed by atoms with Gasteiger partial charge in [0.2, 0.25) is 0 Å². The van der Waals surface area contributed by atoms with E-state index in [1.165, 1.54) is 37.4 Å². The molecular formula is C28H28F3N3O4S. The van der Waals surface area contributed by atoms with E-state index in [1.807, 2.05) is 17.6 Å². The number of fused-ring (bicyclic) bond motifs is 1. The van der Waals surface area contributed by atoms with Crippen LogP contribution in [-0.4, -0.2) is 41.3 Å². The number of benzene rings is 2. The van der Waals surface area contributed by atoms with E-state index >= 15 is 0 Å². The predicted molar refractivity (Wildman–Crippen MR) is 141 cm³/mol. The van der Waals surface area contributed by atoms with Gasteiger partial charge in [-0.15, -0.1) is 0 Å². The molecule has 0 aliphatic heterocycles. The van der Waals surface area contributed by atoms with Gasteiger partial charge in [-0.3, -0.25) is 9.78 Å². The standard InChI is InChI=1S/C28H28F3N3O4S/c1-3-34-22(13-18-5-8-21(9-6-18)28(29,30)31)15-20-14-19(7-12-26(20)34)27(36)33-25(17-35)24-11-10-23(16-32-24)39(37,38)4-2/h5-12,14-16,25,35H,3-4,13,17H2,1-2H3,(H,33,36). The molecule has 4 aromatic rings. The average Bonchev–Trinajstić information content (AvgIpc) is 3.27. The van der Waals surface area contributed by atoms with Crippen LogP contribution in [0.3, 0.4) is 0 Å². The van der Waals surface area contributed by atoms with Crippen molar-refractivity contribution in [1.82, 2.24) is 14.9 Å². The zero-order valence-corrected chi connectivity index (χ0v) is 22.2. The summed E-state index contributed by atoms with van der Waals surface area (Å²) in [4.78, 5) is 17.2. The van der Waals surface area contributed by atoms with E-state index in [2.05, 4.69) is 10.3 Å². The molecule has 7 nitrogen and oxygen atoms in total. The van der Waals surface area contributed by atoms with Crippen LogP contribution in [0.25, 0.3) is 10.9 Å². The minimum absolute atomic E-state index is 0.0646. The van der Waals surface area contributed by atoms with Gasteiger partial charge in [-0.05, 0) is 61.0 Å². The highest BCUT2D eigenvalue weighted by Gasteiger charge is 2.30. The van der Waals surface area contributed by atoms with Crippen LogP contribution < -0.4 is 5.32 Å². The lowest BCUT2D eigenvalue weighted by atomic mass is 10.1. The van der Waals surface area contributed by atoms with E-state index < -0.39 is 40.1 Å². The Bertz CT molecular complexity index is 1580. The molecule has 0 bridgehead atoms. The molecule has 0 saturated carbocycles. The van der Waals surface area contributed by atoms with E-state index in [1.54, 1.807) is 18.2 Å². The second kappa shape index (κ2) is 11.2. The van der Waals surface area contributed by atoms with Crippen molar-refractivity contribution in [3.8, 4) is 0 Å². The Morgan fingerprint density at radius 3 is 2.33 bits per heavy atom. The second-order valence-corrected chi connectivity index (χ2v) is 11.3. The number of nitrogens with zero attached hydrogens (tertiary/aromatic N) is 2. The second-order valence-electron chi connectivity index (χ2n) is 9.06. The molecule has 4 rings (SSSR count). The Kier molecular flexibility index (Phi) is 8.12. The number of pyridine rings is 1. The summed E-state index contributed by atoms with van der Waals surface area (Å²) in [7, 11) is -3.43. The molecule has 1 amide bonds. The molecule has 2 N–H and O–H groups in total. The van der Waals surface area contributed by atoms with Gasteiger partial charge < -0.3 is 15.0 Å². The number of sulfone groups is 1. The molecule has 0 saturated heterocycles. The minimum atomic E-state index is -4.39. The fraction of sp³-hybridized carbons (Fsp3) is 0.286. The number of hydrogen-bond donors (Lipinski definition) is 2. The highest BCUT2D eigenvalue weighted by molar-refractivity contribution is 7.91. The van der Waals surface area contributed by atoms with Crippen molar-refractivity contribution in [3.63, 3.8) is 0 Å². The van der Waals surface area contributed by atoms with Gasteiger partial charge in [0, 0.05) is 41.3 Å². The Hall–Kier alpha value is -3.70. The quantitative estimate of drug-likeness (QED) is 0.303. The third-order valence-electron chi connectivity index (χ3n) is 6.58. The first kappa shape index (κ1) is 28.3. The molecule has 2 heterocycles. The van der Waals surface area contributed by atoms with Crippen molar-refractivity contribution in [2.75, 3.05) is 12.4 Å². The third-order valence-corrected chi connectivity index (χ3v) is 8.30. The molecule has 1 atom stereocenters. The lowest BCUT2D eigenvalue weighted by molar-refractivity contribution is -0.137. The lowest BCUT2D eigenvalue weighted by Crippen LogP contribution is -2.31. The van der Waals surface area contributed by atoms with Gasteiger partial charge >= 0.3 is 6.18 Å². The van der Waals surface area contributed by atoms with Crippen LogP contribution in [0.5, 0.6) is 0 Å². The molecule has 11 heteroatoms. The summed E-state index contributed by atoms with van der Waals surface area (Å²) >= 11 is 0. The van der Waals surface area contributed by atoms with E-state index in [9.17, 15) is 31.5 Å². The smallest absolute Gasteiger partial charge is 0.394 e. The monoisotopic (exact) mass is 559 g/mol. The fourth-order valence-electron chi connectivity index (χ4n) is 4.41. The van der Waals surface area contributed by atoms with Crippen LogP contribution in [0, 0.1) is 0 Å². The number of carbonyl (C=O) groups excluding carboxylic acids is 1. The van der Waals surface area contributed by atoms with Crippen LogP contribution in [0.15, 0.2) is 71.8 Å². The number of alkyl halides is 3. The Labute approximate surface area is 224 Å². The number of amides is 1. The first-order chi connectivity index (χ1) is 18.5. The number of aryl methyl sites for hydroxylation is 1. The van der Waals surface area contributed by atoms with Crippen LogP contribution in [0.1, 0.15) is 52.8 Å². The summed E-state index contributed by atoms with van der Waals surface area (Å²) in [5, 5.41) is 13.4. The van der Waals surface area contributed by atoms with Gasteiger partial charge in [-0.1, -0.05) is 19.1 Å². The van der Waals surface area contributed by atoms with Crippen molar-refractivity contribution in [2.24, 2.45) is 0 Å². The van der Waals surface area contributed by atoms with E-state index in [-0.39, 0.29) is 10.6 Å². The highest BCUT2D eigenvalue weighted by Crippen LogP contribution is 2.30. The van der Waals surface area contributed by atoms with Gasteiger partial charge in [0.25, 0.3) is 5.91 Å². The number of nitrogens with one attached hydrogen (secondary N) is 1. The zero-order valence-electron chi connectivity index (χ0n) is 21.4. The molecule has 1 unspecified atom stereocenters. The third kappa shape index (κ3) is 6.15. The molecule has 0 fully saturated rings. The van der Waals surface area contributed by atoms with Crippen molar-refractivity contribution in [1.29, 1.82) is 0 Å². The van der Waals surface area contributed by atoms with Crippen LogP contribution in [0.4, 0.5) is 13.2 Å². The van der Waals surface area contributed by atoms with Gasteiger partial charge in [-0.2, -0.15) is 13.2 Å². The maximum Gasteiger partial charge on any atom is 0.416 e. The van der Waals surface area contributed by atoms with Crippen molar-refractivity contribution in [2.45, 2.75) is 43.9 Å². The number of aromatic nitrogens is 2. The largest absolute Gasteiger partial charge is 0.416 e. The van der Waals surface area contributed by atoms with Crippen LogP contribution >= 0.6 is 0 Å². The molecule has 0 radical (unpaired) electrons. The van der Waals surface area contributed by atoms with Gasteiger partial charge in [0.15, 0.2) is 9.84 Å². The molecule has 0 spiro atoms. The summed E-state index contributed by atoms with van der Waals surface area (Å²) < 4.78 is 64.8. The predicted octanol–water partition coefficient (Wildman–Crippen LogP) is 4.92. The maximum atomic E-state index is 13.0. The first-order valence-electron chi connectivity index (χ1n) is 12.4. The van der Waals surface area contributed by atoms with Crippen molar-refractivity contribution in [3.05, 3.63) is 94.9 Å². The molecule has 0 aliphatic rings. The number of halogens is 3. The zero-order chi connectivity index (χ0) is 28.4. The molecule has 2 aromatic carbocycles. The van der Waals surface area contributed by atoms with Crippen LogP contribution in [-0.2, 0) is 29.0 Å². The first-order valence-corrected chi connectivity index (χ1v) is 14.0. The fourth-order valence-corrected chi connectivity index (χ4v) is 5.24. The highest BCUT2D eigenvalue weighted by atomic mass is 32.2. The maximum absolute atomic E-state index is 13.0. The molecule has 39 heavy (non-hydrogen) atoms. The van der Waals surface area contributed by atoms with Crippen LogP contribution in [0.2, 0.25) is 0 Å². The van der Waals surface area contributed by atoms with Gasteiger partial charge in [0.1, 0.15) is 0 Å². The van der Waals surface area contributed by atoms with Crippen molar-refractivity contribution < 1.29 is 31.5 Å². The number of aliphatic hydroxyl groups is 1. The number of carbonyl (C=O) groups is 1. The molecular weight excluding hydrogens is 531 g/mol. The topological polar surface area (TPSA) is 101 Å².